The lowest BCUT2D eigenvalue weighted by Crippen LogP contribution is -2.51. The van der Waals surface area contributed by atoms with Gasteiger partial charge in [0.15, 0.2) is 0 Å². The second-order valence-corrected chi connectivity index (χ2v) is 8.23. The van der Waals surface area contributed by atoms with Crippen molar-refractivity contribution < 1.29 is 13.2 Å². The number of rotatable bonds is 5. The molecule has 0 aliphatic carbocycles. The van der Waals surface area contributed by atoms with Gasteiger partial charge in [0.25, 0.3) is 10.2 Å². The van der Waals surface area contributed by atoms with Gasteiger partial charge in [0.2, 0.25) is 0 Å². The van der Waals surface area contributed by atoms with Crippen molar-refractivity contribution in [3.8, 4) is 11.5 Å². The summed E-state index contributed by atoms with van der Waals surface area (Å²) in [6.45, 7) is 2.32. The fraction of sp³-hybridized carbons (Fsp3) is 0.333. The summed E-state index contributed by atoms with van der Waals surface area (Å²) in [4.78, 5) is 2.19. The van der Waals surface area contributed by atoms with Gasteiger partial charge in [0.05, 0.1) is 0 Å². The zero-order valence-corrected chi connectivity index (χ0v) is 15.3. The van der Waals surface area contributed by atoms with E-state index in [1.165, 1.54) is 8.61 Å². The van der Waals surface area contributed by atoms with Crippen molar-refractivity contribution >= 4 is 15.9 Å². The summed E-state index contributed by atoms with van der Waals surface area (Å²) < 4.78 is 32.9. The molecule has 0 N–H and O–H groups in total. The van der Waals surface area contributed by atoms with Crippen LogP contribution in [0.2, 0.25) is 0 Å². The van der Waals surface area contributed by atoms with Gasteiger partial charge in [0.1, 0.15) is 11.5 Å². The Bertz CT molecular complexity index is 784. The fourth-order valence-corrected chi connectivity index (χ4v) is 3.84. The number of para-hydroxylation sites is 1. The maximum absolute atomic E-state index is 12.2. The van der Waals surface area contributed by atoms with Crippen LogP contribution in [-0.4, -0.2) is 57.3 Å². The molecule has 0 saturated carbocycles. The van der Waals surface area contributed by atoms with E-state index >= 15 is 0 Å². The molecule has 1 heterocycles. The molecule has 0 bridgehead atoms. The Hall–Kier alpha value is -2.09. The first kappa shape index (κ1) is 17.7. The van der Waals surface area contributed by atoms with E-state index in [1.54, 1.807) is 14.1 Å². The van der Waals surface area contributed by atoms with Crippen LogP contribution in [0.25, 0.3) is 0 Å². The molecule has 1 fully saturated rings. The lowest BCUT2D eigenvalue weighted by atomic mass is 10.2. The highest BCUT2D eigenvalue weighted by Gasteiger charge is 2.28. The Kier molecular flexibility index (Phi) is 5.27. The van der Waals surface area contributed by atoms with Crippen LogP contribution in [0.15, 0.2) is 54.6 Å². The molecule has 0 unspecified atom stereocenters. The molecular formula is C18H23N3O3S. The Morgan fingerprint density at radius 2 is 1.40 bits per heavy atom. The molecule has 0 atom stereocenters. The highest BCUT2D eigenvalue weighted by Crippen LogP contribution is 2.25. The molecule has 6 nitrogen and oxygen atoms in total. The monoisotopic (exact) mass is 361 g/mol. The zero-order valence-electron chi connectivity index (χ0n) is 14.5. The minimum Gasteiger partial charge on any atom is -0.457 e. The number of anilines is 1. The van der Waals surface area contributed by atoms with E-state index in [0.29, 0.717) is 26.2 Å². The third kappa shape index (κ3) is 4.12. The third-order valence-corrected chi connectivity index (χ3v) is 6.15. The molecule has 25 heavy (non-hydrogen) atoms. The van der Waals surface area contributed by atoms with E-state index in [0.717, 1.165) is 17.2 Å². The first-order chi connectivity index (χ1) is 12.0. The van der Waals surface area contributed by atoms with Crippen LogP contribution in [0.4, 0.5) is 5.69 Å². The number of hydrogen-bond acceptors (Lipinski definition) is 4. The van der Waals surface area contributed by atoms with Crippen LogP contribution in [0.3, 0.4) is 0 Å². The second-order valence-electron chi connectivity index (χ2n) is 6.09. The summed E-state index contributed by atoms with van der Waals surface area (Å²) in [6.07, 6.45) is 0. The lowest BCUT2D eigenvalue weighted by molar-refractivity contribution is 0.355. The molecule has 134 valence electrons. The normalized spacial score (nSPS) is 16.2. The average Bonchev–Trinajstić information content (AvgIpc) is 2.63. The van der Waals surface area contributed by atoms with Crippen molar-refractivity contribution in [2.24, 2.45) is 0 Å². The minimum atomic E-state index is -3.33. The van der Waals surface area contributed by atoms with Crippen LogP contribution in [0.5, 0.6) is 11.5 Å². The largest absolute Gasteiger partial charge is 0.457 e. The van der Waals surface area contributed by atoms with Gasteiger partial charge in [-0.2, -0.15) is 17.0 Å². The molecule has 0 spiro atoms. The smallest absolute Gasteiger partial charge is 0.281 e. The third-order valence-electron chi connectivity index (χ3n) is 4.21. The molecule has 2 aromatic carbocycles. The van der Waals surface area contributed by atoms with E-state index in [1.807, 2.05) is 54.6 Å². The van der Waals surface area contributed by atoms with Crippen molar-refractivity contribution in [3.63, 3.8) is 0 Å². The van der Waals surface area contributed by atoms with Gasteiger partial charge in [-0.25, -0.2) is 0 Å². The number of benzene rings is 2. The van der Waals surface area contributed by atoms with Gasteiger partial charge in [0, 0.05) is 46.0 Å². The van der Waals surface area contributed by atoms with Crippen LogP contribution in [0.1, 0.15) is 0 Å². The quantitative estimate of drug-likeness (QED) is 0.821. The maximum atomic E-state index is 12.2. The Morgan fingerprint density at radius 3 is 1.96 bits per heavy atom. The fourth-order valence-electron chi connectivity index (χ4n) is 2.76. The van der Waals surface area contributed by atoms with E-state index < -0.39 is 10.2 Å². The van der Waals surface area contributed by atoms with Gasteiger partial charge >= 0.3 is 0 Å². The molecule has 0 amide bonds. The van der Waals surface area contributed by atoms with Crippen LogP contribution in [0, 0.1) is 0 Å². The summed E-state index contributed by atoms with van der Waals surface area (Å²) in [7, 11) is -0.202. The average molecular weight is 361 g/mol. The molecule has 7 heteroatoms. The van der Waals surface area contributed by atoms with E-state index in [-0.39, 0.29) is 0 Å². The Morgan fingerprint density at radius 1 is 0.840 bits per heavy atom. The second kappa shape index (κ2) is 7.43. The molecule has 0 aromatic heterocycles. The Labute approximate surface area is 149 Å². The topological polar surface area (TPSA) is 53.1 Å². The van der Waals surface area contributed by atoms with Crippen LogP contribution < -0.4 is 9.64 Å². The van der Waals surface area contributed by atoms with Crippen molar-refractivity contribution in [2.75, 3.05) is 45.2 Å². The number of ether oxygens (including phenoxy) is 1. The summed E-state index contributed by atoms with van der Waals surface area (Å²) >= 11 is 0. The number of hydrogen-bond donors (Lipinski definition) is 0. The van der Waals surface area contributed by atoms with Gasteiger partial charge in [-0.15, -0.1) is 0 Å². The van der Waals surface area contributed by atoms with E-state index in [4.69, 9.17) is 4.74 Å². The molecular weight excluding hydrogens is 338 g/mol. The lowest BCUT2D eigenvalue weighted by Gasteiger charge is -2.36. The molecule has 2 aromatic rings. The summed E-state index contributed by atoms with van der Waals surface area (Å²) in [5, 5.41) is 0. The summed E-state index contributed by atoms with van der Waals surface area (Å²) in [5.74, 6) is 1.58. The molecule has 1 saturated heterocycles. The molecule has 0 radical (unpaired) electrons. The standard InChI is InChI=1S/C18H23N3O3S/c1-19(2)25(22,23)21-14-12-20(13-15-21)16-8-10-18(11-9-16)24-17-6-4-3-5-7-17/h3-11H,12-15H2,1-2H3. The summed E-state index contributed by atoms with van der Waals surface area (Å²) in [6, 6.07) is 17.5. The van der Waals surface area contributed by atoms with E-state index in [2.05, 4.69) is 4.90 Å². The molecule has 3 rings (SSSR count). The van der Waals surface area contributed by atoms with Crippen LogP contribution in [-0.2, 0) is 10.2 Å². The van der Waals surface area contributed by atoms with Crippen LogP contribution >= 0.6 is 0 Å². The predicted molar refractivity (Wildman–Crippen MR) is 99.4 cm³/mol. The van der Waals surface area contributed by atoms with Crippen molar-refractivity contribution in [2.45, 2.75) is 0 Å². The van der Waals surface area contributed by atoms with Gasteiger partial charge in [-0.05, 0) is 36.4 Å². The van der Waals surface area contributed by atoms with Crippen molar-refractivity contribution in [1.29, 1.82) is 0 Å². The maximum Gasteiger partial charge on any atom is 0.281 e. The zero-order chi connectivity index (χ0) is 17.9. The van der Waals surface area contributed by atoms with Gasteiger partial charge in [-0.1, -0.05) is 18.2 Å². The number of nitrogens with zero attached hydrogens (tertiary/aromatic N) is 3. The molecule has 1 aliphatic heterocycles. The predicted octanol–water partition coefficient (Wildman–Crippen LogP) is 2.41. The first-order valence-electron chi connectivity index (χ1n) is 8.22. The van der Waals surface area contributed by atoms with Crippen molar-refractivity contribution in [3.05, 3.63) is 54.6 Å². The van der Waals surface area contributed by atoms with E-state index in [9.17, 15) is 8.42 Å². The Balaban J connectivity index is 1.61. The SMILES string of the molecule is CN(C)S(=O)(=O)N1CCN(c2ccc(Oc3ccccc3)cc2)CC1. The first-order valence-corrected chi connectivity index (χ1v) is 9.62. The van der Waals surface area contributed by atoms with Crippen molar-refractivity contribution in [1.82, 2.24) is 8.61 Å². The highest BCUT2D eigenvalue weighted by molar-refractivity contribution is 7.86. The molecule has 1 aliphatic rings. The van der Waals surface area contributed by atoms with Gasteiger partial charge < -0.3 is 9.64 Å². The minimum absolute atomic E-state index is 0.489. The van der Waals surface area contributed by atoms with Gasteiger partial charge in [-0.3, -0.25) is 0 Å². The summed E-state index contributed by atoms with van der Waals surface area (Å²) in [5.41, 5.74) is 1.07. The number of piperazine rings is 1. The highest BCUT2D eigenvalue weighted by atomic mass is 32.2.